The number of carbonyl (C=O) groups excluding carboxylic acids is 1. The highest BCUT2D eigenvalue weighted by Gasteiger charge is 2.34. The van der Waals surface area contributed by atoms with Gasteiger partial charge in [0, 0.05) is 6.42 Å². The van der Waals surface area contributed by atoms with E-state index in [-0.39, 0.29) is 5.78 Å². The van der Waals surface area contributed by atoms with Crippen molar-refractivity contribution in [1.29, 1.82) is 0 Å². The monoisotopic (exact) mass is 222 g/mol. The molecule has 0 amide bonds. The summed E-state index contributed by atoms with van der Waals surface area (Å²) in [4.78, 5) is 11.5. The molecule has 0 aliphatic heterocycles. The lowest BCUT2D eigenvalue weighted by atomic mass is 9.64. The molecule has 92 valence electrons. The van der Waals surface area contributed by atoms with Crippen LogP contribution in [0.2, 0.25) is 0 Å². The Bertz CT molecular complexity index is 263. The Balaban J connectivity index is 2.65. The van der Waals surface area contributed by atoms with Gasteiger partial charge in [-0.3, -0.25) is 4.79 Å². The number of hydrogen-bond acceptors (Lipinski definition) is 1. The smallest absolute Gasteiger partial charge is 0.155 e. The summed E-state index contributed by atoms with van der Waals surface area (Å²) in [6, 6.07) is 0. The number of carbonyl (C=O) groups is 1. The maximum absolute atomic E-state index is 11.5. The summed E-state index contributed by atoms with van der Waals surface area (Å²) < 4.78 is 0. The van der Waals surface area contributed by atoms with Gasteiger partial charge in [0.2, 0.25) is 0 Å². The quantitative estimate of drug-likeness (QED) is 0.645. The van der Waals surface area contributed by atoms with Crippen LogP contribution in [0.25, 0.3) is 0 Å². The van der Waals surface area contributed by atoms with Crippen LogP contribution in [0, 0.1) is 17.3 Å². The van der Waals surface area contributed by atoms with E-state index in [2.05, 4.69) is 33.8 Å². The summed E-state index contributed by atoms with van der Waals surface area (Å²) in [5.41, 5.74) is 0.362. The van der Waals surface area contributed by atoms with E-state index in [4.69, 9.17) is 0 Å². The maximum Gasteiger partial charge on any atom is 0.155 e. The molecule has 0 saturated heterocycles. The van der Waals surface area contributed by atoms with Crippen LogP contribution < -0.4 is 0 Å². The average molecular weight is 222 g/mol. The zero-order chi connectivity index (χ0) is 12.2. The van der Waals surface area contributed by atoms with Gasteiger partial charge in [0.15, 0.2) is 5.78 Å². The van der Waals surface area contributed by atoms with Gasteiger partial charge in [0.25, 0.3) is 0 Å². The zero-order valence-corrected chi connectivity index (χ0v) is 11.3. The van der Waals surface area contributed by atoms with Crippen molar-refractivity contribution >= 4 is 5.78 Å². The molecule has 0 aromatic rings. The molecule has 0 bridgehead atoms. The molecule has 0 aromatic heterocycles. The van der Waals surface area contributed by atoms with E-state index >= 15 is 0 Å². The van der Waals surface area contributed by atoms with Gasteiger partial charge < -0.3 is 0 Å². The molecule has 16 heavy (non-hydrogen) atoms. The van der Waals surface area contributed by atoms with Crippen molar-refractivity contribution in [2.24, 2.45) is 17.3 Å². The predicted octanol–water partition coefficient (Wildman–Crippen LogP) is 4.37. The first-order chi connectivity index (χ1) is 7.47. The molecule has 0 radical (unpaired) electrons. The Kier molecular flexibility index (Phi) is 4.76. The van der Waals surface area contributed by atoms with Crippen LogP contribution in [0.15, 0.2) is 12.2 Å². The molecule has 1 fully saturated rings. The van der Waals surface area contributed by atoms with E-state index < -0.39 is 0 Å². The van der Waals surface area contributed by atoms with Crippen LogP contribution in [0.5, 0.6) is 0 Å². The Labute approximate surface area is 100 Å². The molecule has 1 heteroatoms. The second-order valence-electron chi connectivity index (χ2n) is 5.96. The molecule has 1 rings (SSSR count). The molecule has 1 nitrogen and oxygen atoms in total. The summed E-state index contributed by atoms with van der Waals surface area (Å²) in [5.74, 6) is 1.58. The van der Waals surface area contributed by atoms with E-state index in [1.807, 2.05) is 6.08 Å². The van der Waals surface area contributed by atoms with E-state index in [1.54, 1.807) is 0 Å². The average Bonchev–Trinajstić information content (AvgIpc) is 2.16. The Hall–Kier alpha value is -0.590. The molecule has 2 unspecified atom stereocenters. The molecule has 0 aromatic carbocycles. The summed E-state index contributed by atoms with van der Waals surface area (Å²) in [7, 11) is 0. The molecule has 1 aliphatic rings. The second-order valence-corrected chi connectivity index (χ2v) is 5.96. The molecular weight excluding hydrogens is 196 g/mol. The highest BCUT2D eigenvalue weighted by molar-refractivity contribution is 5.89. The van der Waals surface area contributed by atoms with E-state index in [0.29, 0.717) is 17.8 Å². The van der Waals surface area contributed by atoms with Crippen molar-refractivity contribution in [3.05, 3.63) is 12.2 Å². The molecule has 2 atom stereocenters. The van der Waals surface area contributed by atoms with Crippen molar-refractivity contribution in [2.75, 3.05) is 0 Å². The second kappa shape index (κ2) is 5.65. The third-order valence-corrected chi connectivity index (χ3v) is 3.98. The maximum atomic E-state index is 11.5. The first kappa shape index (κ1) is 13.5. The topological polar surface area (TPSA) is 17.1 Å². The number of allylic oxidation sites excluding steroid dienone is 2. The van der Waals surface area contributed by atoms with Crippen molar-refractivity contribution in [3.63, 3.8) is 0 Å². The Morgan fingerprint density at radius 2 is 2.12 bits per heavy atom. The zero-order valence-electron chi connectivity index (χ0n) is 11.3. The molecule has 0 spiro atoms. The lowest BCUT2D eigenvalue weighted by Crippen LogP contribution is -2.32. The van der Waals surface area contributed by atoms with E-state index in [0.717, 1.165) is 12.3 Å². The minimum Gasteiger partial charge on any atom is -0.295 e. The van der Waals surface area contributed by atoms with Gasteiger partial charge in [0.1, 0.15) is 0 Å². The van der Waals surface area contributed by atoms with Crippen LogP contribution in [0.1, 0.15) is 59.8 Å². The van der Waals surface area contributed by atoms with E-state index in [9.17, 15) is 4.79 Å². The van der Waals surface area contributed by atoms with Gasteiger partial charge in [-0.1, -0.05) is 46.6 Å². The first-order valence-electron chi connectivity index (χ1n) is 6.68. The van der Waals surface area contributed by atoms with Gasteiger partial charge >= 0.3 is 0 Å². The predicted molar refractivity (Wildman–Crippen MR) is 69.3 cm³/mol. The fourth-order valence-corrected chi connectivity index (χ4v) is 2.99. The summed E-state index contributed by atoms with van der Waals surface area (Å²) in [6.45, 7) is 9.04. The summed E-state index contributed by atoms with van der Waals surface area (Å²) >= 11 is 0. The Morgan fingerprint density at radius 3 is 2.69 bits per heavy atom. The lowest BCUT2D eigenvalue weighted by Gasteiger charge is -2.41. The third-order valence-electron chi connectivity index (χ3n) is 3.98. The van der Waals surface area contributed by atoms with Gasteiger partial charge in [-0.15, -0.1) is 0 Å². The number of rotatable bonds is 4. The van der Waals surface area contributed by atoms with Crippen LogP contribution in [0.3, 0.4) is 0 Å². The Morgan fingerprint density at radius 1 is 1.44 bits per heavy atom. The molecule has 1 aliphatic carbocycles. The summed E-state index contributed by atoms with van der Waals surface area (Å²) in [6.07, 6.45) is 9.58. The first-order valence-corrected chi connectivity index (χ1v) is 6.68. The van der Waals surface area contributed by atoms with Crippen LogP contribution in [-0.2, 0) is 4.79 Å². The minimum atomic E-state index is 0.288. The van der Waals surface area contributed by atoms with E-state index in [1.165, 1.54) is 19.3 Å². The fraction of sp³-hybridized carbons (Fsp3) is 0.800. The van der Waals surface area contributed by atoms with Crippen molar-refractivity contribution in [1.82, 2.24) is 0 Å². The van der Waals surface area contributed by atoms with Crippen molar-refractivity contribution in [2.45, 2.75) is 59.8 Å². The lowest BCUT2D eigenvalue weighted by molar-refractivity contribution is -0.114. The summed E-state index contributed by atoms with van der Waals surface area (Å²) in [5, 5.41) is 0. The van der Waals surface area contributed by atoms with Crippen LogP contribution >= 0.6 is 0 Å². The van der Waals surface area contributed by atoms with Gasteiger partial charge in [-0.2, -0.15) is 0 Å². The van der Waals surface area contributed by atoms with Gasteiger partial charge in [-0.05, 0) is 36.2 Å². The normalized spacial score (nSPS) is 29.5. The molecule has 0 heterocycles. The molecular formula is C15H26O. The van der Waals surface area contributed by atoms with Gasteiger partial charge in [0.05, 0.1) is 0 Å². The highest BCUT2D eigenvalue weighted by atomic mass is 16.1. The number of hydrogen-bond donors (Lipinski definition) is 0. The standard InChI is InChI=1S/C15H26O/c1-5-7-13(16)9-10-14-12(2)8-6-11-15(14,3)4/h9-10,12,14H,5-8,11H2,1-4H3/b10-9-. The third kappa shape index (κ3) is 3.47. The van der Waals surface area contributed by atoms with Crippen molar-refractivity contribution in [3.8, 4) is 0 Å². The molecule has 1 saturated carbocycles. The minimum absolute atomic E-state index is 0.288. The van der Waals surface area contributed by atoms with Crippen LogP contribution in [0.4, 0.5) is 0 Å². The fourth-order valence-electron chi connectivity index (χ4n) is 2.99. The SMILES string of the molecule is CCCC(=O)/C=C\C1C(C)CCCC1(C)C. The van der Waals surface area contributed by atoms with Crippen molar-refractivity contribution < 1.29 is 4.79 Å². The van der Waals surface area contributed by atoms with Gasteiger partial charge in [-0.25, -0.2) is 0 Å². The highest BCUT2D eigenvalue weighted by Crippen LogP contribution is 2.44. The number of ketones is 1. The molecule has 0 N–H and O–H groups in total. The van der Waals surface area contributed by atoms with Crippen LogP contribution in [-0.4, -0.2) is 5.78 Å². The largest absolute Gasteiger partial charge is 0.295 e.